The molecule has 27 heavy (non-hydrogen) atoms. The molecule has 1 amide bonds. The minimum absolute atomic E-state index is 0.146. The summed E-state index contributed by atoms with van der Waals surface area (Å²) in [5.74, 6) is 0.331. The highest BCUT2D eigenvalue weighted by atomic mass is 16.7. The third-order valence-electron chi connectivity index (χ3n) is 4.81. The van der Waals surface area contributed by atoms with E-state index in [2.05, 4.69) is 10.6 Å². The molecule has 0 aliphatic heterocycles. The Hall–Kier alpha value is -3.08. The second kappa shape index (κ2) is 8.08. The fourth-order valence-corrected chi connectivity index (χ4v) is 2.94. The van der Waals surface area contributed by atoms with Crippen molar-refractivity contribution in [2.45, 2.75) is 33.6 Å². The van der Waals surface area contributed by atoms with E-state index < -0.39 is 5.41 Å². The molecule has 1 unspecified atom stereocenters. The fraction of sp³-hybridized carbons (Fsp3) is 0.273. The summed E-state index contributed by atoms with van der Waals surface area (Å²) in [6.07, 6.45) is 1.35. The van der Waals surface area contributed by atoms with Crippen LogP contribution in [0, 0.1) is 12.3 Å². The molecule has 140 valence electrons. The van der Waals surface area contributed by atoms with E-state index in [0.717, 1.165) is 16.9 Å². The zero-order valence-corrected chi connectivity index (χ0v) is 16.0. The lowest BCUT2D eigenvalue weighted by Gasteiger charge is -2.26. The molecule has 2 aromatic carbocycles. The quantitative estimate of drug-likeness (QED) is 0.639. The Morgan fingerprint density at radius 3 is 2.37 bits per heavy atom. The summed E-state index contributed by atoms with van der Waals surface area (Å²) in [5.41, 5.74) is 4.88. The lowest BCUT2D eigenvalue weighted by Crippen LogP contribution is -2.42. The van der Waals surface area contributed by atoms with Crippen molar-refractivity contribution in [1.82, 2.24) is 15.3 Å². The van der Waals surface area contributed by atoms with Gasteiger partial charge >= 0.3 is 0 Å². The Morgan fingerprint density at radius 1 is 1.11 bits per heavy atom. The van der Waals surface area contributed by atoms with Gasteiger partial charge in [0.05, 0.1) is 16.8 Å². The van der Waals surface area contributed by atoms with E-state index in [0.29, 0.717) is 18.7 Å². The molecule has 5 nitrogen and oxygen atoms in total. The van der Waals surface area contributed by atoms with Crippen LogP contribution in [0.15, 0.2) is 66.7 Å². The monoisotopic (exact) mass is 363 g/mol. The summed E-state index contributed by atoms with van der Waals surface area (Å²) in [6.45, 7) is 5.86. The van der Waals surface area contributed by atoms with Gasteiger partial charge in [0.2, 0.25) is 5.88 Å². The number of hydrogen-bond donors (Lipinski definition) is 1. The fourth-order valence-electron chi connectivity index (χ4n) is 2.94. The van der Waals surface area contributed by atoms with Crippen molar-refractivity contribution in [3.05, 3.63) is 78.0 Å². The summed E-state index contributed by atoms with van der Waals surface area (Å²) >= 11 is 0. The second-order valence-electron chi connectivity index (χ2n) is 6.98. The SMILES string of the molecule is CCC(C)(Cc1ccccc1)C(=O)NOc1cc(C)nn1-c1ccccc1. The average Bonchev–Trinajstić information content (AvgIpc) is 3.08. The van der Waals surface area contributed by atoms with Gasteiger partial charge in [0.25, 0.3) is 5.91 Å². The molecule has 0 fully saturated rings. The Kier molecular flexibility index (Phi) is 5.60. The number of aryl methyl sites for hydroxylation is 1. The Balaban J connectivity index is 1.73. The molecule has 0 saturated carbocycles. The van der Waals surface area contributed by atoms with Gasteiger partial charge in [-0.15, -0.1) is 0 Å². The zero-order valence-electron chi connectivity index (χ0n) is 16.0. The summed E-state index contributed by atoms with van der Waals surface area (Å²) in [6, 6.07) is 21.5. The van der Waals surface area contributed by atoms with E-state index in [9.17, 15) is 4.79 Å². The second-order valence-corrected chi connectivity index (χ2v) is 6.98. The smallest absolute Gasteiger partial charge is 0.258 e. The van der Waals surface area contributed by atoms with Crippen LogP contribution in [0.5, 0.6) is 5.88 Å². The first-order valence-corrected chi connectivity index (χ1v) is 9.15. The van der Waals surface area contributed by atoms with Crippen LogP contribution < -0.4 is 10.3 Å². The molecule has 0 bridgehead atoms. The summed E-state index contributed by atoms with van der Waals surface area (Å²) in [4.78, 5) is 18.5. The minimum Gasteiger partial charge on any atom is -0.359 e. The molecule has 1 aromatic heterocycles. The van der Waals surface area contributed by atoms with Crippen molar-refractivity contribution in [3.63, 3.8) is 0 Å². The highest BCUT2D eigenvalue weighted by Crippen LogP contribution is 2.27. The van der Waals surface area contributed by atoms with E-state index >= 15 is 0 Å². The van der Waals surface area contributed by atoms with Crippen LogP contribution in [-0.4, -0.2) is 15.7 Å². The van der Waals surface area contributed by atoms with Gasteiger partial charge in [0.15, 0.2) is 0 Å². The van der Waals surface area contributed by atoms with Crippen molar-refractivity contribution in [3.8, 4) is 11.6 Å². The number of amides is 1. The number of carbonyl (C=O) groups excluding carboxylic acids is 1. The maximum atomic E-state index is 12.9. The number of nitrogens with one attached hydrogen (secondary N) is 1. The maximum absolute atomic E-state index is 12.9. The lowest BCUT2D eigenvalue weighted by molar-refractivity contribution is -0.137. The predicted molar refractivity (Wildman–Crippen MR) is 106 cm³/mol. The van der Waals surface area contributed by atoms with Gasteiger partial charge in [-0.25, -0.2) is 0 Å². The Bertz CT molecular complexity index is 890. The molecule has 3 rings (SSSR count). The van der Waals surface area contributed by atoms with Crippen LogP contribution in [0.3, 0.4) is 0 Å². The van der Waals surface area contributed by atoms with Crippen molar-refractivity contribution in [2.24, 2.45) is 5.41 Å². The molecule has 0 radical (unpaired) electrons. The highest BCUT2D eigenvalue weighted by molar-refractivity contribution is 5.81. The van der Waals surface area contributed by atoms with Gasteiger partial charge in [-0.2, -0.15) is 15.3 Å². The zero-order chi connectivity index (χ0) is 19.3. The number of hydrogen-bond acceptors (Lipinski definition) is 3. The molecule has 1 N–H and O–H groups in total. The lowest BCUT2D eigenvalue weighted by atomic mass is 9.80. The molecule has 0 saturated heterocycles. The van der Waals surface area contributed by atoms with Crippen LogP contribution in [0.4, 0.5) is 0 Å². The minimum atomic E-state index is -0.562. The van der Waals surface area contributed by atoms with E-state index in [1.54, 1.807) is 10.7 Å². The highest BCUT2D eigenvalue weighted by Gasteiger charge is 2.32. The molecular formula is C22H25N3O2. The number of nitrogens with zero attached hydrogens (tertiary/aromatic N) is 2. The molecular weight excluding hydrogens is 338 g/mol. The number of carbonyl (C=O) groups is 1. The molecule has 5 heteroatoms. The van der Waals surface area contributed by atoms with E-state index in [1.807, 2.05) is 81.4 Å². The molecule has 3 aromatic rings. The number of benzene rings is 2. The largest absolute Gasteiger partial charge is 0.359 e. The third kappa shape index (κ3) is 4.37. The number of rotatable bonds is 7. The van der Waals surface area contributed by atoms with Gasteiger partial charge in [-0.1, -0.05) is 62.4 Å². The first-order chi connectivity index (χ1) is 13.0. The van der Waals surface area contributed by atoms with Crippen LogP contribution in [0.2, 0.25) is 0 Å². The summed E-state index contributed by atoms with van der Waals surface area (Å²) in [5, 5.41) is 4.45. The molecule has 1 heterocycles. The Morgan fingerprint density at radius 2 is 1.74 bits per heavy atom. The van der Waals surface area contributed by atoms with Crippen LogP contribution in [0.1, 0.15) is 31.5 Å². The normalized spacial score (nSPS) is 13.0. The topological polar surface area (TPSA) is 56.1 Å². The molecule has 1 atom stereocenters. The molecule has 0 aliphatic rings. The van der Waals surface area contributed by atoms with Gasteiger partial charge in [0.1, 0.15) is 0 Å². The van der Waals surface area contributed by atoms with Gasteiger partial charge in [-0.3, -0.25) is 4.79 Å². The first kappa shape index (κ1) is 18.7. The van der Waals surface area contributed by atoms with Crippen molar-refractivity contribution < 1.29 is 9.63 Å². The predicted octanol–water partition coefficient (Wildman–Crippen LogP) is 4.25. The number of aromatic nitrogens is 2. The van der Waals surface area contributed by atoms with Gasteiger partial charge in [0, 0.05) is 6.07 Å². The maximum Gasteiger partial charge on any atom is 0.258 e. The first-order valence-electron chi connectivity index (χ1n) is 9.15. The van der Waals surface area contributed by atoms with Gasteiger partial charge < -0.3 is 4.84 Å². The van der Waals surface area contributed by atoms with Crippen molar-refractivity contribution in [1.29, 1.82) is 0 Å². The third-order valence-corrected chi connectivity index (χ3v) is 4.81. The van der Waals surface area contributed by atoms with E-state index in [4.69, 9.17) is 4.84 Å². The standard InChI is InChI=1S/C22H25N3O2/c1-4-22(3,16-18-11-7-5-8-12-18)21(26)24-27-20-15-17(2)23-25(20)19-13-9-6-10-14-19/h5-15H,4,16H2,1-3H3,(H,24,26). The summed E-state index contributed by atoms with van der Waals surface area (Å²) < 4.78 is 1.68. The van der Waals surface area contributed by atoms with Crippen LogP contribution >= 0.6 is 0 Å². The van der Waals surface area contributed by atoms with E-state index in [-0.39, 0.29) is 5.91 Å². The number of hydroxylamine groups is 1. The van der Waals surface area contributed by atoms with Crippen LogP contribution in [-0.2, 0) is 11.2 Å². The van der Waals surface area contributed by atoms with E-state index in [1.165, 1.54) is 0 Å². The molecule has 0 aliphatic carbocycles. The summed E-state index contributed by atoms with van der Waals surface area (Å²) in [7, 11) is 0. The van der Waals surface area contributed by atoms with Crippen LogP contribution in [0.25, 0.3) is 5.69 Å². The van der Waals surface area contributed by atoms with Crippen molar-refractivity contribution >= 4 is 5.91 Å². The van der Waals surface area contributed by atoms with Crippen molar-refractivity contribution in [2.75, 3.05) is 0 Å². The number of para-hydroxylation sites is 1. The Labute approximate surface area is 159 Å². The molecule has 0 spiro atoms. The van der Waals surface area contributed by atoms with Gasteiger partial charge in [-0.05, 0) is 37.5 Å². The average molecular weight is 363 g/mol.